The van der Waals surface area contributed by atoms with Crippen molar-refractivity contribution in [1.29, 1.82) is 0 Å². The topological polar surface area (TPSA) is 72.2 Å². The van der Waals surface area contributed by atoms with Gasteiger partial charge in [-0.3, -0.25) is 14.3 Å². The van der Waals surface area contributed by atoms with Gasteiger partial charge < -0.3 is 14.8 Å². The van der Waals surface area contributed by atoms with Crippen LogP contribution >= 0.6 is 0 Å². The predicted octanol–water partition coefficient (Wildman–Crippen LogP) is 2.42. The number of carbonyl (C=O) groups is 1. The van der Waals surface area contributed by atoms with Gasteiger partial charge in [-0.1, -0.05) is 0 Å². The number of nitrogens with one attached hydrogen (secondary N) is 1. The molecule has 158 valence electrons. The molecule has 2 aromatic rings. The van der Waals surface area contributed by atoms with Crippen LogP contribution in [0, 0.1) is 12.8 Å². The molecule has 1 N–H and O–H groups in total. The van der Waals surface area contributed by atoms with Crippen molar-refractivity contribution in [2.75, 3.05) is 13.1 Å². The largest absolute Gasteiger partial charge is 0.332 e. The van der Waals surface area contributed by atoms with Crippen LogP contribution in [0.3, 0.4) is 0 Å². The number of hydrogen-bond donors (Lipinski definition) is 1. The molecule has 3 rings (SSSR count). The number of hydrogen-bond acceptors (Lipinski definition) is 4. The molecule has 0 saturated carbocycles. The highest BCUT2D eigenvalue weighted by atomic mass is 16.2. The number of aromatic nitrogens is 3. The molecule has 1 atom stereocenters. The Morgan fingerprint density at radius 2 is 2.21 bits per heavy atom. The number of pyridine rings is 1. The van der Waals surface area contributed by atoms with Crippen LogP contribution in [0.15, 0.2) is 29.5 Å². The molecule has 2 aromatic heterocycles. The van der Waals surface area contributed by atoms with Crippen molar-refractivity contribution >= 4 is 5.91 Å². The third-order valence-electron chi connectivity index (χ3n) is 5.69. The second kappa shape index (κ2) is 9.39. The van der Waals surface area contributed by atoms with Crippen LogP contribution in [0.4, 0.5) is 0 Å². The van der Waals surface area contributed by atoms with Gasteiger partial charge in [0.25, 0.3) is 11.5 Å². The van der Waals surface area contributed by atoms with E-state index in [1.54, 1.807) is 15.7 Å². The van der Waals surface area contributed by atoms with Crippen LogP contribution in [-0.2, 0) is 19.6 Å². The molecular weight excluding hydrogens is 366 g/mol. The summed E-state index contributed by atoms with van der Waals surface area (Å²) in [5.41, 5.74) is 1.80. The highest BCUT2D eigenvalue weighted by Crippen LogP contribution is 2.16. The molecule has 1 fully saturated rings. The minimum absolute atomic E-state index is 0.0255. The fourth-order valence-electron chi connectivity index (χ4n) is 3.92. The van der Waals surface area contributed by atoms with Crippen LogP contribution < -0.4 is 10.9 Å². The van der Waals surface area contributed by atoms with E-state index in [-0.39, 0.29) is 23.1 Å². The molecule has 7 heteroatoms. The Hall–Kier alpha value is -2.41. The lowest BCUT2D eigenvalue weighted by molar-refractivity contribution is 0.0686. The first-order valence-corrected chi connectivity index (χ1v) is 10.6. The number of piperidine rings is 1. The summed E-state index contributed by atoms with van der Waals surface area (Å²) in [6, 6.07) is 1.86. The van der Waals surface area contributed by atoms with Crippen LogP contribution in [0.2, 0.25) is 0 Å². The second-order valence-electron chi connectivity index (χ2n) is 8.27. The van der Waals surface area contributed by atoms with Gasteiger partial charge in [0.1, 0.15) is 5.56 Å². The number of rotatable bonds is 7. The van der Waals surface area contributed by atoms with E-state index in [0.29, 0.717) is 19.0 Å². The summed E-state index contributed by atoms with van der Waals surface area (Å²) in [6.07, 6.45) is 7.81. The number of carbonyl (C=O) groups excluding carboxylic acids is 1. The maximum atomic E-state index is 13.4. The van der Waals surface area contributed by atoms with Crippen molar-refractivity contribution in [2.45, 2.75) is 66.2 Å². The molecule has 1 amide bonds. The Morgan fingerprint density at radius 3 is 2.83 bits per heavy atom. The smallest absolute Gasteiger partial charge is 0.263 e. The summed E-state index contributed by atoms with van der Waals surface area (Å²) in [5.74, 6) is 0.219. The van der Waals surface area contributed by atoms with Gasteiger partial charge in [0.05, 0.1) is 6.20 Å². The van der Waals surface area contributed by atoms with Gasteiger partial charge >= 0.3 is 0 Å². The van der Waals surface area contributed by atoms with Gasteiger partial charge in [-0.2, -0.15) is 5.10 Å². The summed E-state index contributed by atoms with van der Waals surface area (Å²) in [7, 11) is 0. The summed E-state index contributed by atoms with van der Waals surface area (Å²) < 4.78 is 3.56. The lowest BCUT2D eigenvalue weighted by Gasteiger charge is -2.27. The van der Waals surface area contributed by atoms with E-state index in [4.69, 9.17) is 0 Å². The standard InChI is InChI=1S/C22H33N5O2/c1-5-26-14-19(12-24-26)15-27(16(2)3)22(29)20-17(4)8-10-25(21(20)28)13-18-7-6-9-23-11-18/h8,10,12,14,16,18,23H,5-7,9,11,13,15H2,1-4H3. The van der Waals surface area contributed by atoms with Crippen LogP contribution in [0.5, 0.6) is 0 Å². The van der Waals surface area contributed by atoms with E-state index < -0.39 is 0 Å². The fraction of sp³-hybridized carbons (Fsp3) is 0.591. The normalized spacial score (nSPS) is 16.9. The molecule has 0 aliphatic carbocycles. The molecule has 0 aromatic carbocycles. The average Bonchev–Trinajstić information content (AvgIpc) is 3.17. The first-order valence-electron chi connectivity index (χ1n) is 10.6. The lowest BCUT2D eigenvalue weighted by atomic mass is 9.99. The highest BCUT2D eigenvalue weighted by molar-refractivity contribution is 5.95. The molecule has 1 unspecified atom stereocenters. The zero-order chi connectivity index (χ0) is 21.0. The molecule has 1 saturated heterocycles. The maximum Gasteiger partial charge on any atom is 0.263 e. The van der Waals surface area contributed by atoms with Crippen molar-refractivity contribution in [3.63, 3.8) is 0 Å². The molecule has 7 nitrogen and oxygen atoms in total. The van der Waals surface area contributed by atoms with Gasteiger partial charge in [0.15, 0.2) is 0 Å². The van der Waals surface area contributed by atoms with E-state index in [0.717, 1.165) is 43.6 Å². The zero-order valence-corrected chi connectivity index (χ0v) is 18.0. The average molecular weight is 400 g/mol. The minimum Gasteiger partial charge on any atom is -0.332 e. The molecular formula is C22H33N5O2. The van der Waals surface area contributed by atoms with Crippen LogP contribution in [0.25, 0.3) is 0 Å². The monoisotopic (exact) mass is 399 g/mol. The van der Waals surface area contributed by atoms with Gasteiger partial charge in [0.2, 0.25) is 0 Å². The quantitative estimate of drug-likeness (QED) is 0.776. The second-order valence-corrected chi connectivity index (χ2v) is 8.27. The van der Waals surface area contributed by atoms with Crippen LogP contribution in [-0.4, -0.2) is 44.3 Å². The highest BCUT2D eigenvalue weighted by Gasteiger charge is 2.25. The Labute approximate surface area is 172 Å². The van der Waals surface area contributed by atoms with Crippen molar-refractivity contribution in [2.24, 2.45) is 5.92 Å². The number of amides is 1. The Kier molecular flexibility index (Phi) is 6.90. The Bertz CT molecular complexity index is 893. The lowest BCUT2D eigenvalue weighted by Crippen LogP contribution is -2.41. The van der Waals surface area contributed by atoms with Crippen molar-refractivity contribution in [1.82, 2.24) is 24.6 Å². The van der Waals surface area contributed by atoms with Crippen molar-refractivity contribution in [3.05, 3.63) is 51.7 Å². The molecule has 0 radical (unpaired) electrons. The summed E-state index contributed by atoms with van der Waals surface area (Å²) in [4.78, 5) is 28.4. The summed E-state index contributed by atoms with van der Waals surface area (Å²) in [5, 5.41) is 7.69. The Balaban J connectivity index is 1.86. The van der Waals surface area contributed by atoms with Gasteiger partial charge in [-0.15, -0.1) is 0 Å². The summed E-state index contributed by atoms with van der Waals surface area (Å²) >= 11 is 0. The van der Waals surface area contributed by atoms with E-state index in [1.165, 1.54) is 0 Å². The zero-order valence-electron chi connectivity index (χ0n) is 18.0. The van der Waals surface area contributed by atoms with Crippen molar-refractivity contribution < 1.29 is 4.79 Å². The van der Waals surface area contributed by atoms with Gasteiger partial charge in [-0.05, 0) is 71.2 Å². The molecule has 3 heterocycles. The maximum absolute atomic E-state index is 13.4. The SMILES string of the molecule is CCn1cc(CN(C(=O)c2c(C)ccn(CC3CCCNC3)c2=O)C(C)C)cn1. The molecule has 1 aliphatic rings. The minimum atomic E-state index is -0.206. The number of nitrogens with zero attached hydrogens (tertiary/aromatic N) is 4. The van der Waals surface area contributed by atoms with E-state index in [1.807, 2.05) is 50.8 Å². The Morgan fingerprint density at radius 1 is 1.41 bits per heavy atom. The van der Waals surface area contributed by atoms with E-state index in [2.05, 4.69) is 10.4 Å². The third kappa shape index (κ3) is 4.96. The fourth-order valence-corrected chi connectivity index (χ4v) is 3.92. The third-order valence-corrected chi connectivity index (χ3v) is 5.69. The molecule has 0 bridgehead atoms. The predicted molar refractivity (Wildman–Crippen MR) is 114 cm³/mol. The van der Waals surface area contributed by atoms with Gasteiger partial charge in [0, 0.05) is 43.6 Å². The summed E-state index contributed by atoms with van der Waals surface area (Å²) in [6.45, 7) is 11.7. The van der Waals surface area contributed by atoms with Crippen molar-refractivity contribution in [3.8, 4) is 0 Å². The number of aryl methyl sites for hydroxylation is 2. The molecule has 29 heavy (non-hydrogen) atoms. The molecule has 1 aliphatic heterocycles. The van der Waals surface area contributed by atoms with E-state index in [9.17, 15) is 9.59 Å². The first kappa shape index (κ1) is 21.3. The molecule has 0 spiro atoms. The van der Waals surface area contributed by atoms with Gasteiger partial charge in [-0.25, -0.2) is 0 Å². The van der Waals surface area contributed by atoms with E-state index >= 15 is 0 Å². The first-order chi connectivity index (χ1) is 13.9. The van der Waals surface area contributed by atoms with Crippen LogP contribution in [0.1, 0.15) is 55.1 Å².